The summed E-state index contributed by atoms with van der Waals surface area (Å²) in [5.41, 5.74) is 1.50. The molecule has 0 aliphatic heterocycles. The minimum Gasteiger partial charge on any atom is -0.504 e. The molecular formula is C22H27N3O3. The van der Waals surface area contributed by atoms with Crippen LogP contribution in [0.1, 0.15) is 33.6 Å². The number of aromatic hydroxyl groups is 1. The van der Waals surface area contributed by atoms with Crippen molar-refractivity contribution in [2.24, 2.45) is 0 Å². The van der Waals surface area contributed by atoms with Crippen molar-refractivity contribution in [2.45, 2.75) is 39.2 Å². The first kappa shape index (κ1) is 21.2. The highest BCUT2D eigenvalue weighted by Crippen LogP contribution is 2.31. The van der Waals surface area contributed by atoms with Crippen LogP contribution in [-0.2, 0) is 0 Å². The van der Waals surface area contributed by atoms with Crippen LogP contribution >= 0.6 is 0 Å². The van der Waals surface area contributed by atoms with Gasteiger partial charge in [0.25, 0.3) is 0 Å². The molecule has 2 aromatic carbocycles. The lowest BCUT2D eigenvalue weighted by atomic mass is 10.00. The highest BCUT2D eigenvalue weighted by molar-refractivity contribution is 5.66. The van der Waals surface area contributed by atoms with E-state index >= 15 is 0 Å². The van der Waals surface area contributed by atoms with Crippen LogP contribution in [0, 0.1) is 0 Å². The SMILES string of the molecule is CCC(C)(CC)Oc1ccccc1O.COc1ccccc1-c1ccnnn1. The number of methoxy groups -OCH3 is 1. The van der Waals surface area contributed by atoms with E-state index in [1.807, 2.05) is 30.3 Å². The molecule has 148 valence electrons. The van der Waals surface area contributed by atoms with Gasteiger partial charge < -0.3 is 14.6 Å². The Hall–Kier alpha value is -3.15. The number of phenols is 1. The molecule has 1 N–H and O–H groups in total. The molecular weight excluding hydrogens is 354 g/mol. The molecule has 6 heteroatoms. The average molecular weight is 381 g/mol. The lowest BCUT2D eigenvalue weighted by molar-refractivity contribution is 0.0768. The van der Waals surface area contributed by atoms with Crippen molar-refractivity contribution in [1.29, 1.82) is 0 Å². The Kier molecular flexibility index (Phi) is 7.75. The van der Waals surface area contributed by atoms with Crippen LogP contribution in [0.5, 0.6) is 17.2 Å². The molecule has 0 unspecified atom stereocenters. The van der Waals surface area contributed by atoms with Crippen molar-refractivity contribution in [3.05, 3.63) is 60.8 Å². The van der Waals surface area contributed by atoms with Gasteiger partial charge in [0.15, 0.2) is 11.5 Å². The van der Waals surface area contributed by atoms with Gasteiger partial charge in [-0.05, 0) is 55.3 Å². The van der Waals surface area contributed by atoms with Crippen LogP contribution in [0.3, 0.4) is 0 Å². The van der Waals surface area contributed by atoms with Gasteiger partial charge in [-0.15, -0.1) is 10.2 Å². The van der Waals surface area contributed by atoms with Crippen molar-refractivity contribution in [3.63, 3.8) is 0 Å². The standard InChI is InChI=1S/C12H18O2.C10H9N3O/c1-4-12(3,5-2)14-11-9-7-6-8-10(11)13;1-14-10-5-3-2-4-8(10)9-6-7-11-13-12-9/h6-9,13H,4-5H2,1-3H3;2-7H,1H3. The normalized spacial score (nSPS) is 10.6. The number of hydrogen-bond donors (Lipinski definition) is 1. The van der Waals surface area contributed by atoms with Crippen LogP contribution in [0.2, 0.25) is 0 Å². The third kappa shape index (κ3) is 5.67. The summed E-state index contributed by atoms with van der Waals surface area (Å²) in [5.74, 6) is 1.56. The highest BCUT2D eigenvalue weighted by atomic mass is 16.5. The molecule has 3 aromatic rings. The fourth-order valence-corrected chi connectivity index (χ4v) is 2.44. The predicted molar refractivity (Wildman–Crippen MR) is 110 cm³/mol. The van der Waals surface area contributed by atoms with Gasteiger partial charge in [0, 0.05) is 5.56 Å². The summed E-state index contributed by atoms with van der Waals surface area (Å²) in [6, 6.07) is 16.5. The molecule has 1 heterocycles. The lowest BCUT2D eigenvalue weighted by Crippen LogP contribution is -2.30. The molecule has 0 amide bonds. The van der Waals surface area contributed by atoms with Crippen LogP contribution in [0.4, 0.5) is 0 Å². The summed E-state index contributed by atoms with van der Waals surface area (Å²) in [6.07, 6.45) is 3.46. The van der Waals surface area contributed by atoms with Crippen molar-refractivity contribution >= 4 is 0 Å². The maximum absolute atomic E-state index is 9.54. The average Bonchev–Trinajstić information content (AvgIpc) is 2.76. The van der Waals surface area contributed by atoms with E-state index in [1.165, 1.54) is 0 Å². The molecule has 0 bridgehead atoms. The van der Waals surface area contributed by atoms with Gasteiger partial charge in [0.2, 0.25) is 0 Å². The lowest BCUT2D eigenvalue weighted by Gasteiger charge is -2.28. The monoisotopic (exact) mass is 381 g/mol. The molecule has 0 aliphatic carbocycles. The minimum absolute atomic E-state index is 0.182. The number of aromatic nitrogens is 3. The van der Waals surface area contributed by atoms with E-state index < -0.39 is 0 Å². The smallest absolute Gasteiger partial charge is 0.161 e. The summed E-state index contributed by atoms with van der Waals surface area (Å²) in [6.45, 7) is 6.23. The number of phenolic OH excluding ortho intramolecular Hbond substituents is 1. The van der Waals surface area contributed by atoms with Gasteiger partial charge in [-0.1, -0.05) is 38.1 Å². The van der Waals surface area contributed by atoms with E-state index in [1.54, 1.807) is 37.6 Å². The van der Waals surface area contributed by atoms with Gasteiger partial charge in [-0.3, -0.25) is 0 Å². The summed E-state index contributed by atoms with van der Waals surface area (Å²) < 4.78 is 11.0. The molecule has 0 fully saturated rings. The quantitative estimate of drug-likeness (QED) is 0.654. The van der Waals surface area contributed by atoms with Crippen molar-refractivity contribution in [1.82, 2.24) is 15.4 Å². The summed E-state index contributed by atoms with van der Waals surface area (Å²) >= 11 is 0. The zero-order chi connectivity index (χ0) is 20.4. The van der Waals surface area contributed by atoms with Gasteiger partial charge in [-0.25, -0.2) is 0 Å². The third-order valence-corrected chi connectivity index (χ3v) is 4.60. The molecule has 0 saturated carbocycles. The van der Waals surface area contributed by atoms with Gasteiger partial charge in [-0.2, -0.15) is 0 Å². The number of ether oxygens (including phenoxy) is 2. The molecule has 28 heavy (non-hydrogen) atoms. The van der Waals surface area contributed by atoms with Crippen molar-refractivity contribution in [3.8, 4) is 28.5 Å². The maximum Gasteiger partial charge on any atom is 0.161 e. The molecule has 0 radical (unpaired) electrons. The first-order valence-electron chi connectivity index (χ1n) is 9.27. The van der Waals surface area contributed by atoms with Crippen LogP contribution in [0.25, 0.3) is 11.3 Å². The van der Waals surface area contributed by atoms with Crippen LogP contribution in [0.15, 0.2) is 60.8 Å². The molecule has 0 atom stereocenters. The number of nitrogens with zero attached hydrogens (tertiary/aromatic N) is 3. The molecule has 0 aliphatic rings. The summed E-state index contributed by atoms with van der Waals surface area (Å²) in [7, 11) is 1.63. The first-order valence-corrected chi connectivity index (χ1v) is 9.27. The van der Waals surface area contributed by atoms with E-state index in [-0.39, 0.29) is 11.4 Å². The van der Waals surface area contributed by atoms with Gasteiger partial charge >= 0.3 is 0 Å². The summed E-state index contributed by atoms with van der Waals surface area (Å²) in [4.78, 5) is 0. The molecule has 6 nitrogen and oxygen atoms in total. The second-order valence-electron chi connectivity index (χ2n) is 6.43. The second kappa shape index (κ2) is 10.3. The second-order valence-corrected chi connectivity index (χ2v) is 6.43. The third-order valence-electron chi connectivity index (χ3n) is 4.60. The number of para-hydroxylation sites is 3. The first-order chi connectivity index (χ1) is 13.5. The zero-order valence-corrected chi connectivity index (χ0v) is 16.8. The van der Waals surface area contributed by atoms with Crippen LogP contribution < -0.4 is 9.47 Å². The van der Waals surface area contributed by atoms with Crippen molar-refractivity contribution < 1.29 is 14.6 Å². The topological polar surface area (TPSA) is 77.4 Å². The Morgan fingerprint density at radius 1 is 0.929 bits per heavy atom. The molecule has 1 aromatic heterocycles. The van der Waals surface area contributed by atoms with Gasteiger partial charge in [0.1, 0.15) is 17.0 Å². The Morgan fingerprint density at radius 2 is 1.57 bits per heavy atom. The molecule has 3 rings (SSSR count). The van der Waals surface area contributed by atoms with E-state index in [2.05, 4.69) is 36.2 Å². The number of hydrogen-bond acceptors (Lipinski definition) is 6. The number of benzene rings is 2. The van der Waals surface area contributed by atoms with E-state index in [0.29, 0.717) is 5.75 Å². The maximum atomic E-state index is 9.54. The zero-order valence-electron chi connectivity index (χ0n) is 16.8. The molecule has 0 spiro atoms. The van der Waals surface area contributed by atoms with E-state index in [0.717, 1.165) is 29.8 Å². The Morgan fingerprint density at radius 3 is 2.14 bits per heavy atom. The Labute approximate surface area is 166 Å². The minimum atomic E-state index is -0.182. The summed E-state index contributed by atoms with van der Waals surface area (Å²) in [5, 5.41) is 20.7. The van der Waals surface area contributed by atoms with Crippen LogP contribution in [-0.4, -0.2) is 33.2 Å². The largest absolute Gasteiger partial charge is 0.504 e. The van der Waals surface area contributed by atoms with Gasteiger partial charge in [0.05, 0.1) is 13.3 Å². The fourth-order valence-electron chi connectivity index (χ4n) is 2.44. The number of rotatable bonds is 6. The van der Waals surface area contributed by atoms with E-state index in [4.69, 9.17) is 9.47 Å². The highest BCUT2D eigenvalue weighted by Gasteiger charge is 2.22. The Balaban J connectivity index is 0.000000200. The fraction of sp³-hybridized carbons (Fsp3) is 0.318. The van der Waals surface area contributed by atoms with Crippen molar-refractivity contribution in [2.75, 3.05) is 7.11 Å². The predicted octanol–water partition coefficient (Wildman–Crippen LogP) is 4.90. The Bertz CT molecular complexity index is 852. The van der Waals surface area contributed by atoms with E-state index in [9.17, 15) is 5.11 Å². The molecule has 0 saturated heterocycles.